The van der Waals surface area contributed by atoms with Crippen LogP contribution >= 0.6 is 0 Å². The van der Waals surface area contributed by atoms with Crippen LogP contribution < -0.4 is 10.5 Å². The van der Waals surface area contributed by atoms with Crippen LogP contribution in [0.1, 0.15) is 24.2 Å². The van der Waals surface area contributed by atoms with Crippen molar-refractivity contribution >= 4 is 16.0 Å². The zero-order valence-corrected chi connectivity index (χ0v) is 12.7. The van der Waals surface area contributed by atoms with Gasteiger partial charge in [-0.1, -0.05) is 12.1 Å². The third-order valence-corrected chi connectivity index (χ3v) is 3.89. The number of anilines is 1. The molecule has 0 radical (unpaired) electrons. The highest BCUT2D eigenvalue weighted by Crippen LogP contribution is 2.28. The van der Waals surface area contributed by atoms with Gasteiger partial charge in [-0.15, -0.1) is 0 Å². The molecule has 0 spiro atoms. The lowest BCUT2D eigenvalue weighted by atomic mass is 10.1. The molecule has 1 heterocycles. The van der Waals surface area contributed by atoms with Crippen LogP contribution in [0.4, 0.5) is 19.1 Å². The van der Waals surface area contributed by atoms with Crippen molar-refractivity contribution in [3.63, 3.8) is 0 Å². The van der Waals surface area contributed by atoms with Gasteiger partial charge in [-0.25, -0.2) is 23.5 Å². The van der Waals surface area contributed by atoms with Gasteiger partial charge in [0.25, 0.3) is 0 Å². The molecule has 2 rings (SSSR count). The summed E-state index contributed by atoms with van der Waals surface area (Å²) < 4.78 is 60.5. The zero-order valence-electron chi connectivity index (χ0n) is 11.9. The molecule has 0 fully saturated rings. The highest BCUT2D eigenvalue weighted by Gasteiger charge is 2.32. The number of benzene rings is 1. The standard InChI is InChI=1S/C13H13F3N4O2S/c1-8(9-3-2-4-10(7-9)23(17,21)22)19-12-18-6-5-11(20-12)13(14,15)16/h2-8H,1H3,(H2,17,21,22)(H,18,19,20). The lowest BCUT2D eigenvalue weighted by Gasteiger charge is -2.15. The van der Waals surface area contributed by atoms with Crippen molar-refractivity contribution in [2.24, 2.45) is 5.14 Å². The number of halogens is 3. The topological polar surface area (TPSA) is 98.0 Å². The van der Waals surface area contributed by atoms with Crippen LogP contribution in [0.15, 0.2) is 41.4 Å². The number of nitrogens with one attached hydrogen (secondary N) is 1. The molecule has 0 aliphatic carbocycles. The van der Waals surface area contributed by atoms with Gasteiger partial charge in [0.15, 0.2) is 0 Å². The van der Waals surface area contributed by atoms with Gasteiger partial charge >= 0.3 is 6.18 Å². The van der Waals surface area contributed by atoms with E-state index in [4.69, 9.17) is 5.14 Å². The van der Waals surface area contributed by atoms with Crippen LogP contribution in [0, 0.1) is 0 Å². The van der Waals surface area contributed by atoms with E-state index in [2.05, 4.69) is 15.3 Å². The smallest absolute Gasteiger partial charge is 0.348 e. The largest absolute Gasteiger partial charge is 0.433 e. The molecular weight excluding hydrogens is 333 g/mol. The van der Waals surface area contributed by atoms with Crippen LogP contribution in [-0.2, 0) is 16.2 Å². The fourth-order valence-electron chi connectivity index (χ4n) is 1.82. The first-order valence-electron chi connectivity index (χ1n) is 6.37. The van der Waals surface area contributed by atoms with E-state index >= 15 is 0 Å². The Kier molecular flexibility index (Phi) is 4.57. The molecule has 1 atom stereocenters. The minimum absolute atomic E-state index is 0.0892. The van der Waals surface area contributed by atoms with Crippen LogP contribution in [0.25, 0.3) is 0 Å². The number of hydrogen-bond donors (Lipinski definition) is 2. The lowest BCUT2D eigenvalue weighted by Crippen LogP contribution is -2.15. The van der Waals surface area contributed by atoms with Crippen molar-refractivity contribution in [3.8, 4) is 0 Å². The number of primary sulfonamides is 1. The maximum Gasteiger partial charge on any atom is 0.433 e. The SMILES string of the molecule is CC(Nc1nccc(C(F)(F)F)n1)c1cccc(S(N)(=O)=O)c1. The van der Waals surface area contributed by atoms with Crippen molar-refractivity contribution in [1.29, 1.82) is 0 Å². The molecular formula is C13H13F3N4O2S. The minimum Gasteiger partial charge on any atom is -0.348 e. The summed E-state index contributed by atoms with van der Waals surface area (Å²) >= 11 is 0. The number of nitrogens with zero attached hydrogens (tertiary/aromatic N) is 2. The van der Waals surface area contributed by atoms with E-state index in [1.54, 1.807) is 13.0 Å². The molecule has 1 aromatic heterocycles. The second-order valence-electron chi connectivity index (χ2n) is 4.75. The molecule has 0 saturated carbocycles. The monoisotopic (exact) mass is 346 g/mol. The molecule has 0 amide bonds. The molecule has 2 aromatic rings. The maximum atomic E-state index is 12.6. The van der Waals surface area contributed by atoms with Crippen LogP contribution in [0.5, 0.6) is 0 Å². The van der Waals surface area contributed by atoms with Crippen molar-refractivity contribution in [2.45, 2.75) is 24.0 Å². The average Bonchev–Trinajstić information content (AvgIpc) is 2.46. The van der Waals surface area contributed by atoms with Crippen molar-refractivity contribution < 1.29 is 21.6 Å². The fraction of sp³-hybridized carbons (Fsp3) is 0.231. The van der Waals surface area contributed by atoms with Crippen LogP contribution in [0.3, 0.4) is 0 Å². The zero-order chi connectivity index (χ0) is 17.3. The Labute approximate surface area is 130 Å². The molecule has 23 heavy (non-hydrogen) atoms. The van der Waals surface area contributed by atoms with E-state index in [1.807, 2.05) is 0 Å². The first kappa shape index (κ1) is 17.2. The number of aromatic nitrogens is 2. The van der Waals surface area contributed by atoms with Crippen molar-refractivity contribution in [3.05, 3.63) is 47.8 Å². The molecule has 6 nitrogen and oxygen atoms in total. The van der Waals surface area contributed by atoms with E-state index < -0.39 is 27.9 Å². The Bertz CT molecular complexity index is 809. The highest BCUT2D eigenvalue weighted by atomic mass is 32.2. The normalized spacial score (nSPS) is 13.6. The number of sulfonamides is 1. The van der Waals surface area contributed by atoms with E-state index in [9.17, 15) is 21.6 Å². The first-order chi connectivity index (χ1) is 10.6. The van der Waals surface area contributed by atoms with Gasteiger partial charge in [0.1, 0.15) is 5.69 Å². The summed E-state index contributed by atoms with van der Waals surface area (Å²) in [5, 5.41) is 7.74. The van der Waals surface area contributed by atoms with Crippen molar-refractivity contribution in [1.82, 2.24) is 9.97 Å². The van der Waals surface area contributed by atoms with Gasteiger partial charge in [0.2, 0.25) is 16.0 Å². The summed E-state index contributed by atoms with van der Waals surface area (Å²) in [5.74, 6) is -0.215. The van der Waals surface area contributed by atoms with E-state index in [-0.39, 0.29) is 10.8 Å². The van der Waals surface area contributed by atoms with Gasteiger partial charge < -0.3 is 5.32 Å². The predicted octanol–water partition coefficient (Wildman–Crippen LogP) is 2.32. The van der Waals surface area contributed by atoms with Crippen LogP contribution in [-0.4, -0.2) is 18.4 Å². The molecule has 3 N–H and O–H groups in total. The van der Waals surface area contributed by atoms with Gasteiger partial charge in [-0.2, -0.15) is 13.2 Å². The molecule has 0 bridgehead atoms. The Morgan fingerprint density at radius 1 is 1.26 bits per heavy atom. The summed E-state index contributed by atoms with van der Waals surface area (Å²) in [4.78, 5) is 7.03. The maximum absolute atomic E-state index is 12.6. The second kappa shape index (κ2) is 6.13. The Balaban J connectivity index is 2.25. The summed E-state index contributed by atoms with van der Waals surface area (Å²) in [6.07, 6.45) is -3.58. The Morgan fingerprint density at radius 2 is 1.96 bits per heavy atom. The lowest BCUT2D eigenvalue weighted by molar-refractivity contribution is -0.141. The molecule has 10 heteroatoms. The number of nitrogens with two attached hydrogens (primary N) is 1. The van der Waals surface area contributed by atoms with Crippen LogP contribution in [0.2, 0.25) is 0 Å². The van der Waals surface area contributed by atoms with E-state index in [1.165, 1.54) is 18.2 Å². The quantitative estimate of drug-likeness (QED) is 0.885. The fourth-order valence-corrected chi connectivity index (χ4v) is 2.39. The Morgan fingerprint density at radius 3 is 2.57 bits per heavy atom. The van der Waals surface area contributed by atoms with Gasteiger partial charge in [0, 0.05) is 6.20 Å². The summed E-state index contributed by atoms with van der Waals surface area (Å²) in [6.45, 7) is 1.63. The van der Waals surface area contributed by atoms with Gasteiger partial charge in [-0.3, -0.25) is 0 Å². The molecule has 124 valence electrons. The Hall–Kier alpha value is -2.20. The number of hydrogen-bond acceptors (Lipinski definition) is 5. The molecule has 0 aliphatic rings. The molecule has 1 aromatic carbocycles. The van der Waals surface area contributed by atoms with Gasteiger partial charge in [-0.05, 0) is 30.7 Å². The minimum atomic E-state index is -4.57. The highest BCUT2D eigenvalue weighted by molar-refractivity contribution is 7.89. The molecule has 1 unspecified atom stereocenters. The van der Waals surface area contributed by atoms with E-state index in [0.717, 1.165) is 12.3 Å². The third-order valence-electron chi connectivity index (χ3n) is 2.98. The summed E-state index contributed by atoms with van der Waals surface area (Å²) in [5.41, 5.74) is -0.557. The first-order valence-corrected chi connectivity index (χ1v) is 7.91. The molecule has 0 saturated heterocycles. The summed E-state index contributed by atoms with van der Waals surface area (Å²) in [7, 11) is -3.87. The van der Waals surface area contributed by atoms with Crippen molar-refractivity contribution in [2.75, 3.05) is 5.32 Å². The number of rotatable bonds is 4. The number of alkyl halides is 3. The third kappa shape index (κ3) is 4.39. The summed E-state index contributed by atoms with van der Waals surface area (Å²) in [6, 6.07) is 5.99. The second-order valence-corrected chi connectivity index (χ2v) is 6.31. The molecule has 0 aliphatic heterocycles. The van der Waals surface area contributed by atoms with E-state index in [0.29, 0.717) is 5.56 Å². The van der Waals surface area contributed by atoms with Gasteiger partial charge in [0.05, 0.1) is 10.9 Å². The average molecular weight is 346 g/mol. The predicted molar refractivity (Wildman–Crippen MR) is 76.9 cm³/mol.